The molecule has 0 atom stereocenters. The lowest BCUT2D eigenvalue weighted by molar-refractivity contribution is 0.0827. The van der Waals surface area contributed by atoms with Gasteiger partial charge in [-0.2, -0.15) is 0 Å². The number of carbonyl (C=O) groups is 1. The Morgan fingerprint density at radius 2 is 1.45 bits per heavy atom. The second-order valence-corrected chi connectivity index (χ2v) is 7.65. The first-order chi connectivity index (χ1) is 15.9. The molecule has 0 saturated carbocycles. The van der Waals surface area contributed by atoms with Crippen LogP contribution in [0.4, 0.5) is 4.39 Å². The quantitative estimate of drug-likeness (QED) is 0.391. The van der Waals surface area contributed by atoms with E-state index in [4.69, 9.17) is 4.74 Å². The minimum absolute atomic E-state index is 0.0153. The second kappa shape index (κ2) is 11.7. The number of benzene rings is 3. The van der Waals surface area contributed by atoms with Crippen LogP contribution in [0.15, 0.2) is 77.8 Å². The monoisotopic (exact) mass is 448 g/mol. The molecule has 0 saturated heterocycles. The van der Waals surface area contributed by atoms with Crippen molar-refractivity contribution in [1.29, 1.82) is 0 Å². The van der Waals surface area contributed by atoms with Gasteiger partial charge in [0.25, 0.3) is 5.91 Å². The summed E-state index contributed by atoms with van der Waals surface area (Å²) in [6.45, 7) is 3.85. The summed E-state index contributed by atoms with van der Waals surface area (Å²) in [6.07, 6.45) is 0. The third kappa shape index (κ3) is 7.35. The molecular formula is C26H29FN4O2. The van der Waals surface area contributed by atoms with E-state index in [1.54, 1.807) is 31.1 Å². The van der Waals surface area contributed by atoms with E-state index in [1.807, 2.05) is 55.5 Å². The fraction of sp³-hybridized carbons (Fsp3) is 0.231. The first-order valence-electron chi connectivity index (χ1n) is 10.8. The Labute approximate surface area is 194 Å². The van der Waals surface area contributed by atoms with Crippen LogP contribution in [0.2, 0.25) is 0 Å². The number of halogens is 1. The first kappa shape index (κ1) is 23.8. The zero-order chi connectivity index (χ0) is 23.6. The number of hydrogen-bond acceptors (Lipinski definition) is 3. The molecule has 3 aromatic rings. The Bertz CT molecular complexity index is 1060. The van der Waals surface area contributed by atoms with Crippen LogP contribution in [0.1, 0.15) is 28.4 Å². The lowest BCUT2D eigenvalue weighted by atomic mass is 10.1. The molecule has 0 radical (unpaired) electrons. The van der Waals surface area contributed by atoms with Crippen molar-refractivity contribution >= 4 is 11.9 Å². The van der Waals surface area contributed by atoms with Gasteiger partial charge < -0.3 is 20.3 Å². The van der Waals surface area contributed by atoms with E-state index in [-0.39, 0.29) is 11.7 Å². The highest BCUT2D eigenvalue weighted by Gasteiger charge is 2.07. The third-order valence-corrected chi connectivity index (χ3v) is 4.80. The maximum atomic E-state index is 13.0. The molecule has 0 unspecified atom stereocenters. The van der Waals surface area contributed by atoms with E-state index in [1.165, 1.54) is 12.1 Å². The molecule has 0 heterocycles. The molecule has 0 aliphatic carbocycles. The largest absolute Gasteiger partial charge is 0.457 e. The van der Waals surface area contributed by atoms with Crippen LogP contribution >= 0.6 is 0 Å². The van der Waals surface area contributed by atoms with Gasteiger partial charge >= 0.3 is 0 Å². The highest BCUT2D eigenvalue weighted by Crippen LogP contribution is 2.22. The molecule has 0 aromatic heterocycles. The summed E-state index contributed by atoms with van der Waals surface area (Å²) < 4.78 is 18.7. The molecule has 0 aliphatic rings. The highest BCUT2D eigenvalue weighted by atomic mass is 19.1. The Hall–Kier alpha value is -3.87. The molecule has 0 fully saturated rings. The summed E-state index contributed by atoms with van der Waals surface area (Å²) in [4.78, 5) is 18.2. The van der Waals surface area contributed by atoms with Gasteiger partial charge in [-0.05, 0) is 66.6 Å². The third-order valence-electron chi connectivity index (χ3n) is 4.80. The Morgan fingerprint density at radius 1 is 0.879 bits per heavy atom. The average Bonchev–Trinajstić information content (AvgIpc) is 2.83. The van der Waals surface area contributed by atoms with Gasteiger partial charge in [-0.15, -0.1) is 0 Å². The molecule has 0 aliphatic heterocycles. The molecular weight excluding hydrogens is 419 g/mol. The lowest BCUT2D eigenvalue weighted by Crippen LogP contribution is -2.36. The van der Waals surface area contributed by atoms with E-state index in [9.17, 15) is 9.18 Å². The number of nitrogens with one attached hydrogen (secondary N) is 2. The van der Waals surface area contributed by atoms with Crippen molar-refractivity contribution in [3.8, 4) is 11.5 Å². The molecule has 33 heavy (non-hydrogen) atoms. The fourth-order valence-corrected chi connectivity index (χ4v) is 3.02. The van der Waals surface area contributed by atoms with E-state index in [2.05, 4.69) is 15.6 Å². The highest BCUT2D eigenvalue weighted by molar-refractivity contribution is 5.93. The molecule has 3 rings (SSSR count). The zero-order valence-corrected chi connectivity index (χ0v) is 19.1. The maximum absolute atomic E-state index is 13.0. The van der Waals surface area contributed by atoms with Crippen molar-refractivity contribution in [2.75, 3.05) is 20.6 Å². The predicted molar refractivity (Wildman–Crippen MR) is 129 cm³/mol. The second-order valence-electron chi connectivity index (χ2n) is 7.65. The van der Waals surface area contributed by atoms with Crippen LogP contribution in [0.25, 0.3) is 0 Å². The van der Waals surface area contributed by atoms with Crippen LogP contribution in [-0.2, 0) is 13.1 Å². The topological polar surface area (TPSA) is 66.0 Å². The number of rotatable bonds is 8. The molecule has 0 spiro atoms. The summed E-state index contributed by atoms with van der Waals surface area (Å²) in [6, 6.07) is 21.1. The molecule has 1 amide bonds. The fourth-order valence-electron chi connectivity index (χ4n) is 3.02. The van der Waals surface area contributed by atoms with E-state index in [0.29, 0.717) is 36.1 Å². The van der Waals surface area contributed by atoms with Crippen molar-refractivity contribution in [2.45, 2.75) is 20.0 Å². The van der Waals surface area contributed by atoms with Crippen molar-refractivity contribution in [1.82, 2.24) is 15.5 Å². The number of amides is 1. The van der Waals surface area contributed by atoms with Gasteiger partial charge in [0.05, 0.1) is 6.54 Å². The van der Waals surface area contributed by atoms with Crippen molar-refractivity contribution < 1.29 is 13.9 Å². The molecule has 172 valence electrons. The number of ether oxygens (including phenoxy) is 1. The van der Waals surface area contributed by atoms with Gasteiger partial charge in [0.2, 0.25) is 0 Å². The number of guanidine groups is 1. The van der Waals surface area contributed by atoms with Crippen LogP contribution in [-0.4, -0.2) is 37.4 Å². The van der Waals surface area contributed by atoms with Gasteiger partial charge in [-0.1, -0.05) is 24.3 Å². The number of carbonyl (C=O) groups excluding carboxylic acids is 1. The van der Waals surface area contributed by atoms with Crippen LogP contribution in [0.3, 0.4) is 0 Å². The summed E-state index contributed by atoms with van der Waals surface area (Å²) in [7, 11) is 3.48. The van der Waals surface area contributed by atoms with Crippen molar-refractivity contribution in [2.24, 2.45) is 4.99 Å². The molecule has 7 heteroatoms. The smallest absolute Gasteiger partial charge is 0.253 e. The Balaban J connectivity index is 1.55. The van der Waals surface area contributed by atoms with Gasteiger partial charge in [0, 0.05) is 32.7 Å². The predicted octanol–water partition coefficient (Wildman–Crippen LogP) is 4.58. The normalized spacial score (nSPS) is 11.1. The Kier molecular flexibility index (Phi) is 8.41. The molecule has 6 nitrogen and oxygen atoms in total. The van der Waals surface area contributed by atoms with E-state index >= 15 is 0 Å². The first-order valence-corrected chi connectivity index (χ1v) is 10.8. The molecule has 3 aromatic carbocycles. The van der Waals surface area contributed by atoms with Gasteiger partial charge in [0.15, 0.2) is 5.96 Å². The average molecular weight is 449 g/mol. The number of hydrogen-bond donors (Lipinski definition) is 2. The number of aliphatic imine (C=N–C) groups is 1. The van der Waals surface area contributed by atoms with Gasteiger partial charge in [-0.25, -0.2) is 9.38 Å². The van der Waals surface area contributed by atoms with E-state index in [0.717, 1.165) is 17.7 Å². The summed E-state index contributed by atoms with van der Waals surface area (Å²) in [5, 5.41) is 6.55. The van der Waals surface area contributed by atoms with Crippen LogP contribution < -0.4 is 15.4 Å². The minimum atomic E-state index is -0.294. The SMILES string of the molecule is CCNC(=NCc1ccc(Oc2ccc(F)cc2)cc1)NCc1ccc(C(=O)N(C)C)cc1. The lowest BCUT2D eigenvalue weighted by Gasteiger charge is -2.13. The van der Waals surface area contributed by atoms with E-state index < -0.39 is 0 Å². The Morgan fingerprint density at radius 3 is 2.03 bits per heavy atom. The molecule has 2 N–H and O–H groups in total. The summed E-state index contributed by atoms with van der Waals surface area (Å²) >= 11 is 0. The zero-order valence-electron chi connectivity index (χ0n) is 19.1. The van der Waals surface area contributed by atoms with Crippen molar-refractivity contribution in [3.05, 3.63) is 95.3 Å². The summed E-state index contributed by atoms with van der Waals surface area (Å²) in [5.41, 5.74) is 2.75. The summed E-state index contributed by atoms with van der Waals surface area (Å²) in [5.74, 6) is 1.66. The standard InChI is InChI=1S/C26H29FN4O2/c1-4-28-26(29-17-19-5-9-21(10-6-19)25(32)31(2)3)30-18-20-7-13-23(14-8-20)33-24-15-11-22(27)12-16-24/h5-16H,4,17-18H2,1-3H3,(H2,28,29,30). The van der Waals surface area contributed by atoms with Crippen molar-refractivity contribution in [3.63, 3.8) is 0 Å². The molecule has 0 bridgehead atoms. The van der Waals surface area contributed by atoms with Crippen LogP contribution in [0.5, 0.6) is 11.5 Å². The van der Waals surface area contributed by atoms with Gasteiger partial charge in [-0.3, -0.25) is 4.79 Å². The van der Waals surface area contributed by atoms with Gasteiger partial charge in [0.1, 0.15) is 17.3 Å². The minimum Gasteiger partial charge on any atom is -0.457 e. The van der Waals surface area contributed by atoms with Crippen LogP contribution in [0, 0.1) is 5.82 Å². The number of nitrogens with zero attached hydrogens (tertiary/aromatic N) is 2. The maximum Gasteiger partial charge on any atom is 0.253 e.